The summed E-state index contributed by atoms with van der Waals surface area (Å²) in [6.45, 7) is 10.6. The van der Waals surface area contributed by atoms with E-state index < -0.39 is 91.6 Å². The van der Waals surface area contributed by atoms with Crippen LogP contribution in [0.15, 0.2) is 46.2 Å². The molecule has 2 aromatic carbocycles. The van der Waals surface area contributed by atoms with Crippen molar-refractivity contribution in [3.8, 4) is 0 Å². The second kappa shape index (κ2) is 13.1. The minimum Gasteiger partial charge on any atom is -0.444 e. The Morgan fingerprint density at radius 2 is 0.925 bits per heavy atom. The van der Waals surface area contributed by atoms with Crippen LogP contribution in [0, 0.1) is 23.7 Å². The summed E-state index contributed by atoms with van der Waals surface area (Å²) in [6, 6.07) is 6.60. The summed E-state index contributed by atoms with van der Waals surface area (Å²) < 4.78 is 38.4. The zero-order valence-corrected chi connectivity index (χ0v) is 31.0. The van der Waals surface area contributed by atoms with Gasteiger partial charge in [-0.25, -0.2) is 18.0 Å². The van der Waals surface area contributed by atoms with Gasteiger partial charge in [-0.05, 0) is 90.8 Å². The fourth-order valence-corrected chi connectivity index (χ4v) is 8.49. The van der Waals surface area contributed by atoms with Gasteiger partial charge >= 0.3 is 12.2 Å². The number of likely N-dealkylation sites (tertiary alicyclic amines) is 2. The number of ketones is 6. The van der Waals surface area contributed by atoms with Gasteiger partial charge in [0.25, 0.3) is 0 Å². The molecule has 2 aliphatic carbocycles. The lowest BCUT2D eigenvalue weighted by molar-refractivity contribution is -0.124. The first-order valence-corrected chi connectivity index (χ1v) is 18.8. The highest BCUT2D eigenvalue weighted by molar-refractivity contribution is 7.91. The van der Waals surface area contributed by atoms with Gasteiger partial charge < -0.3 is 19.3 Å². The molecule has 0 spiro atoms. The quantitative estimate of drug-likeness (QED) is 0.383. The number of carbonyl (C=O) groups is 8. The molecule has 2 unspecified atom stereocenters. The van der Waals surface area contributed by atoms with Gasteiger partial charge in [0.2, 0.25) is 9.84 Å². The molecule has 0 aromatic heterocycles. The molecule has 0 bridgehead atoms. The van der Waals surface area contributed by atoms with Crippen LogP contribution >= 0.6 is 0 Å². The van der Waals surface area contributed by atoms with Crippen molar-refractivity contribution in [3.63, 3.8) is 0 Å². The fraction of sp³-hybridized carbons (Fsp3) is 0.474. The summed E-state index contributed by atoms with van der Waals surface area (Å²) in [4.78, 5) is 107. The molecule has 2 amide bonds. The third-order valence-corrected chi connectivity index (χ3v) is 11.5. The van der Waals surface area contributed by atoms with Gasteiger partial charge in [-0.1, -0.05) is 0 Å². The van der Waals surface area contributed by atoms with E-state index in [9.17, 15) is 46.8 Å². The Balaban J connectivity index is 1.17. The first-order valence-electron chi connectivity index (χ1n) is 17.3. The minimum absolute atomic E-state index is 0.0298. The smallest absolute Gasteiger partial charge is 0.410 e. The van der Waals surface area contributed by atoms with Crippen molar-refractivity contribution in [2.24, 2.45) is 23.7 Å². The maximum atomic E-state index is 13.8. The Morgan fingerprint density at radius 3 is 1.26 bits per heavy atom. The number of Topliss-reactive ketones (excluding diaryl/α,β-unsaturated/α-hetero) is 6. The van der Waals surface area contributed by atoms with E-state index in [0.29, 0.717) is 0 Å². The number of benzene rings is 2. The van der Waals surface area contributed by atoms with E-state index in [2.05, 4.69) is 0 Å². The van der Waals surface area contributed by atoms with Crippen molar-refractivity contribution < 1.29 is 56.2 Å². The number of carbonyl (C=O) groups excluding carboxylic acids is 8. The highest BCUT2D eigenvalue weighted by Gasteiger charge is 2.49. The largest absolute Gasteiger partial charge is 0.444 e. The summed E-state index contributed by atoms with van der Waals surface area (Å²) in [6.07, 6.45) is -0.782. The number of nitrogens with zero attached hydrogens (tertiary/aromatic N) is 2. The van der Waals surface area contributed by atoms with Crippen LogP contribution in [-0.2, 0) is 28.9 Å². The van der Waals surface area contributed by atoms with Gasteiger partial charge in [-0.3, -0.25) is 28.8 Å². The molecule has 4 atom stereocenters. The van der Waals surface area contributed by atoms with E-state index in [4.69, 9.17) is 9.47 Å². The van der Waals surface area contributed by atoms with E-state index in [1.165, 1.54) is 9.80 Å². The van der Waals surface area contributed by atoms with Crippen molar-refractivity contribution in [2.45, 2.75) is 75.4 Å². The van der Waals surface area contributed by atoms with Gasteiger partial charge in [0.1, 0.15) is 23.0 Å². The van der Waals surface area contributed by atoms with E-state index in [-0.39, 0.29) is 71.1 Å². The maximum Gasteiger partial charge on any atom is 0.410 e. The predicted octanol–water partition coefficient (Wildman–Crippen LogP) is 4.16. The minimum atomic E-state index is -4.45. The second-order valence-corrected chi connectivity index (χ2v) is 17.8. The predicted molar refractivity (Wildman–Crippen MR) is 184 cm³/mol. The Morgan fingerprint density at radius 1 is 0.585 bits per heavy atom. The molecule has 280 valence electrons. The summed E-state index contributed by atoms with van der Waals surface area (Å²) in [5, 5.41) is 0. The molecule has 6 rings (SSSR count). The molecular weight excluding hydrogens is 708 g/mol. The van der Waals surface area contributed by atoms with Gasteiger partial charge in [-0.15, -0.1) is 0 Å². The van der Waals surface area contributed by atoms with Crippen molar-refractivity contribution in [2.75, 3.05) is 26.2 Å². The van der Waals surface area contributed by atoms with Crippen LogP contribution < -0.4 is 0 Å². The van der Waals surface area contributed by atoms with Crippen LogP contribution in [0.4, 0.5) is 9.59 Å². The van der Waals surface area contributed by atoms with Crippen LogP contribution in [0.5, 0.6) is 0 Å². The van der Waals surface area contributed by atoms with Crippen LogP contribution in [0.3, 0.4) is 0 Å². The van der Waals surface area contributed by atoms with E-state index in [1.54, 1.807) is 41.5 Å². The molecule has 2 aliphatic heterocycles. The number of ether oxygens (including phenoxy) is 2. The average Bonchev–Trinajstić information content (AvgIpc) is 3.85. The standard InChI is InChI=1S/C38H40N2O12S/c1-37(2,3)51-35(47)39-13-11-19(17-39)29(41)27-31(43)23-9-7-21(15-25(23)33(27)45)53(49,50)22-8-10-24-26(16-22)34(46)28(32(24)44)30(42)20-12-14-40(18-20)36(48)52-38(4,5)6/h7-10,15-16,19-20,27-28H,11-14,17-18H2,1-6H3/t19-,20-,27?,28?/m0/s1. The number of fused-ring (bicyclic) bond motifs is 2. The van der Waals surface area contributed by atoms with Crippen LogP contribution in [0.2, 0.25) is 0 Å². The molecule has 0 N–H and O–H groups in total. The van der Waals surface area contributed by atoms with Crippen LogP contribution in [-0.4, -0.2) is 102 Å². The van der Waals surface area contributed by atoms with Crippen LogP contribution in [0.25, 0.3) is 0 Å². The van der Waals surface area contributed by atoms with Gasteiger partial charge in [0.15, 0.2) is 34.7 Å². The van der Waals surface area contributed by atoms with Gasteiger partial charge in [0.05, 0.1) is 9.79 Å². The molecule has 2 aromatic rings. The Hall–Kier alpha value is -5.05. The Labute approximate surface area is 306 Å². The summed E-state index contributed by atoms with van der Waals surface area (Å²) in [5.74, 6) is -9.49. The zero-order valence-electron chi connectivity index (χ0n) is 30.2. The lowest BCUT2D eigenvalue weighted by Crippen LogP contribution is -2.37. The Bertz CT molecular complexity index is 1980. The summed E-state index contributed by atoms with van der Waals surface area (Å²) >= 11 is 0. The third kappa shape index (κ3) is 6.94. The molecule has 2 heterocycles. The molecule has 2 fully saturated rings. The molecule has 4 aliphatic rings. The number of rotatable bonds is 6. The summed E-state index contributed by atoms with van der Waals surface area (Å²) in [5.41, 5.74) is -2.22. The number of hydrogen-bond acceptors (Lipinski definition) is 12. The monoisotopic (exact) mass is 748 g/mol. The summed E-state index contributed by atoms with van der Waals surface area (Å²) in [7, 11) is -4.45. The van der Waals surface area contributed by atoms with E-state index in [0.717, 1.165) is 36.4 Å². The molecule has 2 saturated heterocycles. The number of hydrogen-bond donors (Lipinski definition) is 0. The number of sulfone groups is 1. The van der Waals surface area contributed by atoms with Crippen molar-refractivity contribution in [1.82, 2.24) is 9.80 Å². The Kier molecular flexibility index (Phi) is 9.33. The SMILES string of the molecule is CC(C)(C)OC(=O)N1CC[C@H](C(=O)C2C(=O)c3ccc(S(=O)(=O)c4ccc5c(c4)C(=O)C(C(=O)[C@H]4CCN(C(=O)OC(C)(C)C)C4)C5=O)cc3C2=O)C1. The fourth-order valence-electron chi connectivity index (χ4n) is 7.17. The molecular formula is C38H40N2O12S. The molecule has 53 heavy (non-hydrogen) atoms. The maximum absolute atomic E-state index is 13.8. The lowest BCUT2D eigenvalue weighted by atomic mass is 9.88. The van der Waals surface area contributed by atoms with Crippen LogP contribution in [0.1, 0.15) is 95.8 Å². The lowest BCUT2D eigenvalue weighted by Gasteiger charge is -2.24. The topological polar surface area (TPSA) is 196 Å². The molecule has 14 nitrogen and oxygen atoms in total. The average molecular weight is 749 g/mol. The van der Waals surface area contributed by atoms with Crippen molar-refractivity contribution >= 4 is 56.7 Å². The van der Waals surface area contributed by atoms with Crippen molar-refractivity contribution in [3.05, 3.63) is 58.7 Å². The highest BCUT2D eigenvalue weighted by atomic mass is 32.2. The third-order valence-electron chi connectivity index (χ3n) is 9.77. The van der Waals surface area contributed by atoms with E-state index >= 15 is 0 Å². The zero-order chi connectivity index (χ0) is 38.9. The first-order chi connectivity index (χ1) is 24.6. The molecule has 15 heteroatoms. The van der Waals surface area contributed by atoms with Gasteiger partial charge in [0, 0.05) is 60.3 Å². The normalized spacial score (nSPS) is 23.0. The molecule has 0 saturated carbocycles. The van der Waals surface area contributed by atoms with Crippen molar-refractivity contribution in [1.29, 1.82) is 0 Å². The second-order valence-electron chi connectivity index (χ2n) is 15.9. The van der Waals surface area contributed by atoms with E-state index in [1.807, 2.05) is 0 Å². The first kappa shape index (κ1) is 37.7. The highest BCUT2D eigenvalue weighted by Crippen LogP contribution is 2.37. The van der Waals surface area contributed by atoms with Gasteiger partial charge in [-0.2, -0.15) is 0 Å². The number of amides is 2. The molecule has 0 radical (unpaired) electrons.